The van der Waals surface area contributed by atoms with Crippen molar-refractivity contribution in [3.8, 4) is 17.1 Å². The summed E-state index contributed by atoms with van der Waals surface area (Å²) in [6, 6.07) is 7.73. The van der Waals surface area contributed by atoms with Crippen LogP contribution < -0.4 is 4.74 Å². The van der Waals surface area contributed by atoms with Crippen molar-refractivity contribution in [3.05, 3.63) is 65.0 Å². The van der Waals surface area contributed by atoms with Crippen LogP contribution in [-0.2, 0) is 18.8 Å². The molecule has 1 N–H and O–H groups in total. The molecule has 1 fully saturated rings. The number of ether oxygens (including phenoxy) is 1. The average Bonchev–Trinajstić information content (AvgIpc) is 3.42. The summed E-state index contributed by atoms with van der Waals surface area (Å²) in [4.78, 5) is 6.05. The Labute approximate surface area is 202 Å². The summed E-state index contributed by atoms with van der Waals surface area (Å²) >= 11 is 0. The number of likely N-dealkylation sites (tertiary alicyclic amines) is 1. The topological polar surface area (TPSA) is 71.6 Å². The number of aliphatic hydroxyl groups is 1. The first-order valence-corrected chi connectivity index (χ1v) is 11.1. The molecule has 2 heterocycles. The van der Waals surface area contributed by atoms with E-state index in [0.29, 0.717) is 31.4 Å². The average molecular weight is 515 g/mol. The number of aliphatic hydroxyl groups excluding tert-OH is 1. The van der Waals surface area contributed by atoms with E-state index in [-0.39, 0.29) is 35.7 Å². The highest BCUT2D eigenvalue weighted by molar-refractivity contribution is 5.59. The Morgan fingerprint density at radius 2 is 1.78 bits per heavy atom. The molecule has 0 bridgehead atoms. The fourth-order valence-electron chi connectivity index (χ4n) is 4.08. The highest BCUT2D eigenvalue weighted by Crippen LogP contribution is 2.39. The normalized spacial score (nSPS) is 19.1. The SMILES string of the molecule is CN1C[C@H](O)C[C@H]1c1nc(-c2ccc(OCCCc3ccc(C(F)(F)F)cc3)c(C(F)(F)F)c2)no1. The Morgan fingerprint density at radius 3 is 2.39 bits per heavy atom. The van der Waals surface area contributed by atoms with Gasteiger partial charge in [0.05, 0.1) is 29.9 Å². The van der Waals surface area contributed by atoms with Crippen LogP contribution in [0.25, 0.3) is 11.4 Å². The largest absolute Gasteiger partial charge is 0.493 e. The zero-order chi connectivity index (χ0) is 26.1. The van der Waals surface area contributed by atoms with Gasteiger partial charge in [0.2, 0.25) is 11.7 Å². The molecule has 0 spiro atoms. The predicted octanol–water partition coefficient (Wildman–Crippen LogP) is 5.52. The number of benzene rings is 2. The second kappa shape index (κ2) is 10.1. The number of nitrogens with zero attached hydrogens (tertiary/aromatic N) is 3. The number of halogens is 6. The predicted molar refractivity (Wildman–Crippen MR) is 116 cm³/mol. The fraction of sp³-hybridized carbons (Fsp3) is 0.417. The standard InChI is InChI=1S/C24H23F6N3O3/c1-33-13-17(34)12-19(33)22-31-21(32-36-22)15-6-9-20(18(11-15)24(28,29)30)35-10-2-3-14-4-7-16(8-5-14)23(25,26)27/h4-9,11,17,19,34H,2-3,10,12-13H2,1H3/t17-,19+/m1/s1. The lowest BCUT2D eigenvalue weighted by molar-refractivity contribution is -0.139. The van der Waals surface area contributed by atoms with Gasteiger partial charge in [-0.3, -0.25) is 4.90 Å². The first kappa shape index (κ1) is 26.0. The minimum absolute atomic E-state index is 0.0147. The molecule has 6 nitrogen and oxygen atoms in total. The van der Waals surface area contributed by atoms with Gasteiger partial charge in [0, 0.05) is 12.1 Å². The summed E-state index contributed by atoms with van der Waals surface area (Å²) < 4.78 is 89.7. The molecule has 3 aromatic rings. The molecule has 12 heteroatoms. The van der Waals surface area contributed by atoms with E-state index < -0.39 is 29.6 Å². The van der Waals surface area contributed by atoms with Gasteiger partial charge in [-0.1, -0.05) is 17.3 Å². The van der Waals surface area contributed by atoms with Gasteiger partial charge in [-0.25, -0.2) is 0 Å². The van der Waals surface area contributed by atoms with E-state index in [1.54, 1.807) is 7.05 Å². The summed E-state index contributed by atoms with van der Waals surface area (Å²) in [5.41, 5.74) is -1.06. The molecule has 0 radical (unpaired) electrons. The van der Waals surface area contributed by atoms with Crippen LogP contribution in [0.3, 0.4) is 0 Å². The number of β-amino-alcohol motifs (C(OH)–C–C–N with tert-alkyl or cyclic N) is 1. The number of aromatic nitrogens is 2. The molecular formula is C24H23F6N3O3. The third-order valence-electron chi connectivity index (χ3n) is 5.94. The molecule has 1 aromatic heterocycles. The monoisotopic (exact) mass is 515 g/mol. The van der Waals surface area contributed by atoms with Crippen molar-refractivity contribution in [1.82, 2.24) is 15.0 Å². The van der Waals surface area contributed by atoms with Crippen molar-refractivity contribution in [1.29, 1.82) is 0 Å². The maximum absolute atomic E-state index is 13.7. The molecule has 0 aliphatic carbocycles. The van der Waals surface area contributed by atoms with Crippen molar-refractivity contribution in [3.63, 3.8) is 0 Å². The number of rotatable bonds is 7. The highest BCUT2D eigenvalue weighted by Gasteiger charge is 2.36. The lowest BCUT2D eigenvalue weighted by Crippen LogP contribution is -2.19. The van der Waals surface area contributed by atoms with Crippen LogP contribution in [0.1, 0.15) is 41.5 Å². The van der Waals surface area contributed by atoms with Crippen LogP contribution in [0, 0.1) is 0 Å². The lowest BCUT2D eigenvalue weighted by Gasteiger charge is -2.15. The van der Waals surface area contributed by atoms with Crippen LogP contribution in [0.15, 0.2) is 47.0 Å². The summed E-state index contributed by atoms with van der Waals surface area (Å²) in [6.07, 6.45) is -8.66. The number of hydrogen-bond acceptors (Lipinski definition) is 6. The fourth-order valence-corrected chi connectivity index (χ4v) is 4.08. The molecule has 0 unspecified atom stereocenters. The molecule has 1 aliphatic heterocycles. The van der Waals surface area contributed by atoms with Gasteiger partial charge in [-0.15, -0.1) is 0 Å². The summed E-state index contributed by atoms with van der Waals surface area (Å²) in [7, 11) is 1.77. The van der Waals surface area contributed by atoms with Crippen molar-refractivity contribution >= 4 is 0 Å². The Morgan fingerprint density at radius 1 is 1.06 bits per heavy atom. The van der Waals surface area contributed by atoms with Crippen molar-refractivity contribution in [2.45, 2.75) is 43.8 Å². The maximum atomic E-state index is 13.7. The number of aryl methyl sites for hydroxylation is 1. The summed E-state index contributed by atoms with van der Waals surface area (Å²) in [5.74, 6) is -0.179. The molecule has 0 saturated carbocycles. The Kier molecular flexibility index (Phi) is 7.28. The third kappa shape index (κ3) is 5.98. The quantitative estimate of drug-likeness (QED) is 0.330. The van der Waals surface area contributed by atoms with Crippen molar-refractivity contribution in [2.24, 2.45) is 0 Å². The smallest absolute Gasteiger partial charge is 0.419 e. The van der Waals surface area contributed by atoms with Crippen LogP contribution in [0.4, 0.5) is 26.3 Å². The first-order valence-electron chi connectivity index (χ1n) is 11.1. The van der Waals surface area contributed by atoms with E-state index in [4.69, 9.17) is 9.26 Å². The molecule has 2 aromatic carbocycles. The van der Waals surface area contributed by atoms with E-state index in [0.717, 1.165) is 18.2 Å². The van der Waals surface area contributed by atoms with Crippen molar-refractivity contribution in [2.75, 3.05) is 20.2 Å². The molecule has 4 rings (SSSR count). The molecule has 1 saturated heterocycles. The molecular weight excluding hydrogens is 492 g/mol. The Hall–Kier alpha value is -3.12. The van der Waals surface area contributed by atoms with Gasteiger partial charge in [0.25, 0.3) is 0 Å². The number of alkyl halides is 6. The lowest BCUT2D eigenvalue weighted by atomic mass is 10.1. The van der Waals surface area contributed by atoms with Gasteiger partial charge in [-0.2, -0.15) is 31.3 Å². The Balaban J connectivity index is 1.42. The third-order valence-corrected chi connectivity index (χ3v) is 5.94. The number of likely N-dealkylation sites (N-methyl/N-ethyl adjacent to an activating group) is 1. The molecule has 194 valence electrons. The zero-order valence-corrected chi connectivity index (χ0v) is 19.1. The molecule has 0 amide bonds. The van der Waals surface area contributed by atoms with Gasteiger partial charge in [0.1, 0.15) is 5.75 Å². The zero-order valence-electron chi connectivity index (χ0n) is 19.1. The minimum Gasteiger partial charge on any atom is -0.493 e. The number of hydrogen-bond donors (Lipinski definition) is 1. The first-order chi connectivity index (χ1) is 16.9. The highest BCUT2D eigenvalue weighted by atomic mass is 19.4. The van der Waals surface area contributed by atoms with E-state index in [2.05, 4.69) is 10.1 Å². The van der Waals surface area contributed by atoms with E-state index >= 15 is 0 Å². The molecule has 2 atom stereocenters. The van der Waals surface area contributed by atoms with Crippen LogP contribution in [0.5, 0.6) is 5.75 Å². The summed E-state index contributed by atoms with van der Waals surface area (Å²) in [5, 5.41) is 13.6. The minimum atomic E-state index is -4.71. The van der Waals surface area contributed by atoms with Crippen molar-refractivity contribution < 1.29 is 40.7 Å². The summed E-state index contributed by atoms with van der Waals surface area (Å²) in [6.45, 7) is 0.359. The molecule has 1 aliphatic rings. The van der Waals surface area contributed by atoms with Crippen LogP contribution >= 0.6 is 0 Å². The van der Waals surface area contributed by atoms with Gasteiger partial charge < -0.3 is 14.4 Å². The maximum Gasteiger partial charge on any atom is 0.419 e. The second-order valence-electron chi connectivity index (χ2n) is 8.66. The molecule has 36 heavy (non-hydrogen) atoms. The van der Waals surface area contributed by atoms with E-state index in [1.807, 2.05) is 4.90 Å². The van der Waals surface area contributed by atoms with Gasteiger partial charge >= 0.3 is 12.4 Å². The Bertz CT molecular complexity index is 1180. The second-order valence-corrected chi connectivity index (χ2v) is 8.66. The van der Waals surface area contributed by atoms with Gasteiger partial charge in [0.15, 0.2) is 0 Å². The van der Waals surface area contributed by atoms with Gasteiger partial charge in [-0.05, 0) is 62.2 Å². The van der Waals surface area contributed by atoms with E-state index in [9.17, 15) is 31.4 Å². The van der Waals surface area contributed by atoms with E-state index in [1.165, 1.54) is 24.3 Å². The van der Waals surface area contributed by atoms with Crippen LogP contribution in [0.2, 0.25) is 0 Å². The van der Waals surface area contributed by atoms with Crippen LogP contribution in [-0.4, -0.2) is 46.5 Å².